The molecule has 0 bridgehead atoms. The zero-order valence-corrected chi connectivity index (χ0v) is 13.5. The third-order valence-corrected chi connectivity index (χ3v) is 6.80. The predicted octanol–water partition coefficient (Wildman–Crippen LogP) is 2.27. The van der Waals surface area contributed by atoms with E-state index in [1.807, 2.05) is 18.4 Å². The van der Waals surface area contributed by atoms with Gasteiger partial charge in [0, 0.05) is 30.0 Å². The van der Waals surface area contributed by atoms with Gasteiger partial charge in [-0.05, 0) is 45.1 Å². The van der Waals surface area contributed by atoms with Crippen LogP contribution in [0.5, 0.6) is 0 Å². The third kappa shape index (κ3) is 2.53. The molecule has 2 heterocycles. The maximum absolute atomic E-state index is 13.0. The van der Waals surface area contributed by atoms with Gasteiger partial charge in [-0.1, -0.05) is 6.92 Å². The van der Waals surface area contributed by atoms with Crippen LogP contribution < -0.4 is 0 Å². The molecule has 5 nitrogen and oxygen atoms in total. The Kier molecular flexibility index (Phi) is 3.88. The van der Waals surface area contributed by atoms with Crippen LogP contribution in [0.3, 0.4) is 0 Å². The highest BCUT2D eigenvalue weighted by Crippen LogP contribution is 2.39. The molecule has 0 spiro atoms. The molecule has 1 N–H and O–H groups in total. The molecule has 1 aromatic heterocycles. The summed E-state index contributed by atoms with van der Waals surface area (Å²) in [4.78, 5) is 0.339. The largest absolute Gasteiger partial charge is 0.390 e. The Balaban J connectivity index is 1.98. The van der Waals surface area contributed by atoms with Gasteiger partial charge in [-0.25, -0.2) is 8.42 Å². The maximum atomic E-state index is 13.0. The molecule has 6 heteroatoms. The molecule has 1 aliphatic carbocycles. The van der Waals surface area contributed by atoms with Gasteiger partial charge in [0.15, 0.2) is 0 Å². The van der Waals surface area contributed by atoms with Gasteiger partial charge in [-0.15, -0.1) is 0 Å². The van der Waals surface area contributed by atoms with Crippen LogP contribution in [-0.2, 0) is 16.6 Å². The lowest BCUT2D eigenvalue weighted by Crippen LogP contribution is -2.39. The highest BCUT2D eigenvalue weighted by Gasteiger charge is 2.40. The van der Waals surface area contributed by atoms with Crippen LogP contribution >= 0.6 is 0 Å². The van der Waals surface area contributed by atoms with Gasteiger partial charge < -0.3 is 9.67 Å². The minimum absolute atomic E-state index is 0.0572. The van der Waals surface area contributed by atoms with Gasteiger partial charge in [0.25, 0.3) is 0 Å². The average molecular weight is 312 g/mol. The van der Waals surface area contributed by atoms with E-state index < -0.39 is 10.0 Å². The van der Waals surface area contributed by atoms with E-state index in [9.17, 15) is 13.5 Å². The molecule has 1 aromatic rings. The molecule has 2 unspecified atom stereocenters. The van der Waals surface area contributed by atoms with Crippen LogP contribution in [0.1, 0.15) is 57.7 Å². The Hall–Kier alpha value is -0.850. The maximum Gasteiger partial charge on any atom is 0.245 e. The minimum atomic E-state index is -3.47. The van der Waals surface area contributed by atoms with E-state index in [1.165, 1.54) is 0 Å². The van der Waals surface area contributed by atoms with Crippen molar-refractivity contribution in [1.82, 2.24) is 8.87 Å². The molecule has 118 valence electrons. The van der Waals surface area contributed by atoms with Gasteiger partial charge in [-0.3, -0.25) is 0 Å². The first-order chi connectivity index (χ1) is 9.98. The number of aliphatic hydroxyl groups is 1. The lowest BCUT2D eigenvalue weighted by molar-refractivity contribution is 0.270. The number of rotatable bonds is 5. The second-order valence-electron chi connectivity index (χ2n) is 6.29. The lowest BCUT2D eigenvalue weighted by atomic mass is 10.2. The summed E-state index contributed by atoms with van der Waals surface area (Å²) in [7, 11) is -3.47. The number of nitrogens with zero attached hydrogens (tertiary/aromatic N) is 2. The quantitative estimate of drug-likeness (QED) is 0.907. The fourth-order valence-corrected chi connectivity index (χ4v) is 5.45. The van der Waals surface area contributed by atoms with Crippen molar-refractivity contribution < 1.29 is 13.5 Å². The Labute approximate surface area is 126 Å². The highest BCUT2D eigenvalue weighted by atomic mass is 32.2. The summed E-state index contributed by atoms with van der Waals surface area (Å²) in [5.41, 5.74) is 0.705. The van der Waals surface area contributed by atoms with Crippen molar-refractivity contribution in [2.45, 2.75) is 75.6 Å². The molecule has 1 aliphatic heterocycles. The molecule has 0 aromatic carbocycles. The van der Waals surface area contributed by atoms with E-state index in [0.29, 0.717) is 16.6 Å². The van der Waals surface area contributed by atoms with Crippen LogP contribution in [0.2, 0.25) is 0 Å². The van der Waals surface area contributed by atoms with Crippen LogP contribution in [-0.4, -0.2) is 34.5 Å². The standard InChI is InChI=1S/C15H24N2O3S/c1-3-12-5-4-11(2)17(12)21(19,20)15-8-14(10-18)16(9-15)13-6-7-13/h8-9,11-13,18H,3-7,10H2,1-2H3. The lowest BCUT2D eigenvalue weighted by Gasteiger charge is -2.26. The van der Waals surface area contributed by atoms with Crippen molar-refractivity contribution in [2.24, 2.45) is 0 Å². The average Bonchev–Trinajstić information content (AvgIpc) is 3.08. The normalized spacial score (nSPS) is 27.4. The van der Waals surface area contributed by atoms with Crippen molar-refractivity contribution in [2.75, 3.05) is 0 Å². The Morgan fingerprint density at radius 1 is 1.29 bits per heavy atom. The summed E-state index contributed by atoms with van der Waals surface area (Å²) in [5, 5.41) is 9.46. The van der Waals surface area contributed by atoms with E-state index in [2.05, 4.69) is 0 Å². The van der Waals surface area contributed by atoms with Gasteiger partial charge in [-0.2, -0.15) is 4.31 Å². The summed E-state index contributed by atoms with van der Waals surface area (Å²) in [5.74, 6) is 0. The SMILES string of the molecule is CCC1CCC(C)N1S(=O)(=O)c1cc(CO)n(C2CC2)c1. The highest BCUT2D eigenvalue weighted by molar-refractivity contribution is 7.89. The molecule has 2 atom stereocenters. The molecule has 3 rings (SSSR count). The Morgan fingerprint density at radius 3 is 2.57 bits per heavy atom. The second kappa shape index (κ2) is 5.41. The molecule has 21 heavy (non-hydrogen) atoms. The molecule has 0 amide bonds. The summed E-state index contributed by atoms with van der Waals surface area (Å²) in [6.45, 7) is 3.91. The van der Waals surface area contributed by atoms with Crippen molar-refractivity contribution in [3.63, 3.8) is 0 Å². The Morgan fingerprint density at radius 2 is 2.00 bits per heavy atom. The van der Waals surface area contributed by atoms with Crippen molar-refractivity contribution in [3.05, 3.63) is 18.0 Å². The van der Waals surface area contributed by atoms with E-state index in [1.54, 1.807) is 16.6 Å². The summed E-state index contributed by atoms with van der Waals surface area (Å²) < 4.78 is 29.6. The van der Waals surface area contributed by atoms with Crippen molar-refractivity contribution in [3.8, 4) is 0 Å². The fourth-order valence-electron chi connectivity index (χ4n) is 3.44. The first kappa shape index (κ1) is 15.1. The number of hydrogen-bond acceptors (Lipinski definition) is 3. The van der Waals surface area contributed by atoms with Crippen molar-refractivity contribution >= 4 is 10.0 Å². The summed E-state index contributed by atoms with van der Waals surface area (Å²) >= 11 is 0. The molecule has 2 fully saturated rings. The zero-order valence-electron chi connectivity index (χ0n) is 12.7. The van der Waals surface area contributed by atoms with Crippen LogP contribution in [0.4, 0.5) is 0 Å². The van der Waals surface area contributed by atoms with Crippen LogP contribution in [0, 0.1) is 0 Å². The third-order valence-electron chi connectivity index (χ3n) is 4.77. The van der Waals surface area contributed by atoms with Crippen LogP contribution in [0.15, 0.2) is 17.2 Å². The van der Waals surface area contributed by atoms with E-state index in [4.69, 9.17) is 0 Å². The smallest absolute Gasteiger partial charge is 0.245 e. The molecule has 2 aliphatic rings. The number of hydrogen-bond donors (Lipinski definition) is 1. The number of aliphatic hydroxyl groups excluding tert-OH is 1. The van der Waals surface area contributed by atoms with Gasteiger partial charge >= 0.3 is 0 Å². The molecule has 1 saturated carbocycles. The van der Waals surface area contributed by atoms with Gasteiger partial charge in [0.05, 0.1) is 6.61 Å². The molecular formula is C15H24N2O3S. The minimum Gasteiger partial charge on any atom is -0.390 e. The molecular weight excluding hydrogens is 288 g/mol. The first-order valence-electron chi connectivity index (χ1n) is 7.84. The monoisotopic (exact) mass is 312 g/mol. The predicted molar refractivity (Wildman–Crippen MR) is 80.4 cm³/mol. The topological polar surface area (TPSA) is 62.5 Å². The molecule has 1 saturated heterocycles. The van der Waals surface area contributed by atoms with E-state index >= 15 is 0 Å². The van der Waals surface area contributed by atoms with Crippen molar-refractivity contribution in [1.29, 1.82) is 0 Å². The summed E-state index contributed by atoms with van der Waals surface area (Å²) in [6.07, 6.45) is 6.56. The number of sulfonamides is 1. The van der Waals surface area contributed by atoms with E-state index in [-0.39, 0.29) is 18.7 Å². The Bertz CT molecular complexity index is 619. The van der Waals surface area contributed by atoms with Crippen LogP contribution in [0.25, 0.3) is 0 Å². The fraction of sp³-hybridized carbons (Fsp3) is 0.733. The van der Waals surface area contributed by atoms with E-state index in [0.717, 1.165) is 32.1 Å². The van der Waals surface area contributed by atoms with Gasteiger partial charge in [0.2, 0.25) is 10.0 Å². The number of aromatic nitrogens is 1. The first-order valence-corrected chi connectivity index (χ1v) is 9.28. The zero-order chi connectivity index (χ0) is 15.2. The molecule has 0 radical (unpaired) electrons. The van der Waals surface area contributed by atoms with Gasteiger partial charge in [0.1, 0.15) is 4.90 Å². The second-order valence-corrected chi connectivity index (χ2v) is 8.13. The summed E-state index contributed by atoms with van der Waals surface area (Å²) in [6, 6.07) is 2.17.